The molecule has 1 aliphatic carbocycles. The topological polar surface area (TPSA) is 62.6 Å². The number of carbonyl (C=O) groups is 1. The van der Waals surface area contributed by atoms with Crippen LogP contribution in [0, 0.1) is 17.4 Å². The molecule has 1 amide bonds. The predicted molar refractivity (Wildman–Crippen MR) is 85.1 cm³/mol. The fourth-order valence-electron chi connectivity index (χ4n) is 3.55. The van der Waals surface area contributed by atoms with Gasteiger partial charge >= 0.3 is 0 Å². The predicted octanol–water partition coefficient (Wildman–Crippen LogP) is 3.06. The van der Waals surface area contributed by atoms with Gasteiger partial charge in [0.1, 0.15) is 0 Å². The molecule has 23 heavy (non-hydrogen) atoms. The highest BCUT2D eigenvalue weighted by molar-refractivity contribution is 5.83. The van der Waals surface area contributed by atoms with Gasteiger partial charge in [-0.05, 0) is 43.4 Å². The molecule has 2 fully saturated rings. The van der Waals surface area contributed by atoms with Gasteiger partial charge in [-0.3, -0.25) is 4.79 Å². The number of ether oxygens (including phenoxy) is 2. The molecule has 0 bridgehead atoms. The molecule has 1 heterocycles. The van der Waals surface area contributed by atoms with Crippen molar-refractivity contribution in [1.82, 2.24) is 4.90 Å². The fourth-order valence-corrected chi connectivity index (χ4v) is 3.55. The lowest BCUT2D eigenvalue weighted by atomic mass is 9.90. The molecule has 0 aromatic heterocycles. The van der Waals surface area contributed by atoms with E-state index in [0.717, 1.165) is 29.9 Å². The van der Waals surface area contributed by atoms with Crippen LogP contribution in [0.4, 0.5) is 0 Å². The van der Waals surface area contributed by atoms with E-state index < -0.39 is 0 Å². The van der Waals surface area contributed by atoms with Gasteiger partial charge in [-0.25, -0.2) is 4.90 Å². The van der Waals surface area contributed by atoms with Gasteiger partial charge in [-0.15, -0.1) is 0 Å². The lowest BCUT2D eigenvalue weighted by molar-refractivity contribution is -0.128. The number of rotatable bonds is 4. The van der Waals surface area contributed by atoms with Gasteiger partial charge in [-0.2, -0.15) is 5.26 Å². The number of hydrogen-bond donors (Lipinski definition) is 0. The smallest absolute Gasteiger partial charge is 0.239 e. The zero-order chi connectivity index (χ0) is 16.4. The number of hydrogen-bond acceptors (Lipinski definition) is 4. The van der Waals surface area contributed by atoms with Crippen LogP contribution in [0.2, 0.25) is 0 Å². The first-order chi connectivity index (χ1) is 11.1. The van der Waals surface area contributed by atoms with Crippen molar-refractivity contribution in [1.29, 1.82) is 5.26 Å². The Morgan fingerprint density at radius 3 is 2.61 bits per heavy atom. The quantitative estimate of drug-likeness (QED) is 0.801. The van der Waals surface area contributed by atoms with Crippen molar-refractivity contribution >= 4 is 5.91 Å². The maximum absolute atomic E-state index is 12.1. The Kier molecular flexibility index (Phi) is 4.42. The summed E-state index contributed by atoms with van der Waals surface area (Å²) >= 11 is 0. The van der Waals surface area contributed by atoms with Gasteiger partial charge in [0.05, 0.1) is 13.2 Å². The lowest BCUT2D eigenvalue weighted by Crippen LogP contribution is -2.20. The Morgan fingerprint density at radius 2 is 2.00 bits per heavy atom. The van der Waals surface area contributed by atoms with Crippen LogP contribution in [0.1, 0.15) is 44.1 Å². The van der Waals surface area contributed by atoms with Gasteiger partial charge < -0.3 is 9.47 Å². The third kappa shape index (κ3) is 2.98. The van der Waals surface area contributed by atoms with Crippen molar-refractivity contribution in [3.63, 3.8) is 0 Å². The summed E-state index contributed by atoms with van der Waals surface area (Å²) in [5.74, 6) is 1.18. The molecule has 122 valence electrons. The normalized spacial score (nSPS) is 24.7. The number of amides is 1. The van der Waals surface area contributed by atoms with E-state index in [4.69, 9.17) is 14.7 Å². The number of nitriles is 1. The van der Waals surface area contributed by atoms with Crippen LogP contribution in [-0.2, 0) is 4.79 Å². The van der Waals surface area contributed by atoms with Gasteiger partial charge in [0.15, 0.2) is 17.7 Å². The second kappa shape index (κ2) is 6.49. The minimum atomic E-state index is -0.192. The van der Waals surface area contributed by atoms with Crippen LogP contribution in [0.3, 0.4) is 0 Å². The Bertz CT molecular complexity index is 632. The molecule has 0 radical (unpaired) electrons. The Balaban J connectivity index is 1.85. The van der Waals surface area contributed by atoms with Crippen LogP contribution in [-0.4, -0.2) is 30.6 Å². The Morgan fingerprint density at radius 1 is 1.26 bits per heavy atom. The SMILES string of the molecule is COc1ccc(C2CN(C#N)C(=O)C2C)cc1OC1CCCC1. The van der Waals surface area contributed by atoms with Crippen molar-refractivity contribution in [3.05, 3.63) is 23.8 Å². The maximum atomic E-state index is 12.1. The zero-order valence-electron chi connectivity index (χ0n) is 13.6. The highest BCUT2D eigenvalue weighted by Crippen LogP contribution is 2.38. The van der Waals surface area contributed by atoms with E-state index in [0.29, 0.717) is 6.54 Å². The Labute approximate surface area is 136 Å². The van der Waals surface area contributed by atoms with Crippen LogP contribution in [0.15, 0.2) is 18.2 Å². The first kappa shape index (κ1) is 15.7. The summed E-state index contributed by atoms with van der Waals surface area (Å²) in [5, 5.41) is 9.06. The van der Waals surface area contributed by atoms with Crippen molar-refractivity contribution in [2.75, 3.05) is 13.7 Å². The minimum absolute atomic E-state index is 0.0129. The van der Waals surface area contributed by atoms with Gasteiger partial charge in [0.2, 0.25) is 5.91 Å². The molecule has 3 rings (SSSR count). The Hall–Kier alpha value is -2.22. The monoisotopic (exact) mass is 314 g/mol. The summed E-state index contributed by atoms with van der Waals surface area (Å²) in [6.07, 6.45) is 6.78. The molecule has 1 aromatic rings. The molecule has 5 heteroatoms. The molecule has 1 saturated carbocycles. The molecule has 2 atom stereocenters. The second-order valence-electron chi connectivity index (χ2n) is 6.38. The standard InChI is InChI=1S/C18H22N2O3/c1-12-15(10-20(11-19)18(12)21)13-7-8-16(22-2)17(9-13)23-14-5-3-4-6-14/h7-9,12,14-15H,3-6,10H2,1-2H3. The summed E-state index contributed by atoms with van der Waals surface area (Å²) in [4.78, 5) is 13.3. The number of methoxy groups -OCH3 is 1. The van der Waals surface area contributed by atoms with Crippen LogP contribution < -0.4 is 9.47 Å². The van der Waals surface area contributed by atoms with E-state index in [1.54, 1.807) is 7.11 Å². The number of nitrogens with zero attached hydrogens (tertiary/aromatic N) is 2. The second-order valence-corrected chi connectivity index (χ2v) is 6.38. The van der Waals surface area contributed by atoms with Crippen molar-refractivity contribution in [2.24, 2.45) is 5.92 Å². The summed E-state index contributed by atoms with van der Waals surface area (Å²) < 4.78 is 11.5. The van der Waals surface area contributed by atoms with E-state index in [1.165, 1.54) is 17.7 Å². The summed E-state index contributed by atoms with van der Waals surface area (Å²) in [6.45, 7) is 2.32. The molecule has 0 spiro atoms. The molecular weight excluding hydrogens is 292 g/mol. The molecule has 1 aromatic carbocycles. The third-order valence-electron chi connectivity index (χ3n) is 4.97. The molecule has 2 unspecified atom stereocenters. The summed E-state index contributed by atoms with van der Waals surface area (Å²) in [7, 11) is 1.63. The number of carbonyl (C=O) groups excluding carboxylic acids is 1. The van der Waals surface area contributed by atoms with Gasteiger partial charge in [0.25, 0.3) is 0 Å². The van der Waals surface area contributed by atoms with E-state index in [2.05, 4.69) is 0 Å². The van der Waals surface area contributed by atoms with E-state index in [1.807, 2.05) is 31.3 Å². The van der Waals surface area contributed by atoms with Crippen molar-refractivity contribution in [2.45, 2.75) is 44.6 Å². The average Bonchev–Trinajstić information content (AvgIpc) is 3.17. The van der Waals surface area contributed by atoms with Crippen molar-refractivity contribution in [3.8, 4) is 17.7 Å². The van der Waals surface area contributed by atoms with Crippen LogP contribution in [0.25, 0.3) is 0 Å². The largest absolute Gasteiger partial charge is 0.493 e. The third-order valence-corrected chi connectivity index (χ3v) is 4.97. The van der Waals surface area contributed by atoms with E-state index in [9.17, 15) is 4.79 Å². The molecule has 0 N–H and O–H groups in total. The first-order valence-corrected chi connectivity index (χ1v) is 8.19. The summed E-state index contributed by atoms with van der Waals surface area (Å²) in [5.41, 5.74) is 1.03. The van der Waals surface area contributed by atoms with Crippen LogP contribution in [0.5, 0.6) is 11.5 Å². The van der Waals surface area contributed by atoms with Gasteiger partial charge in [-0.1, -0.05) is 13.0 Å². The minimum Gasteiger partial charge on any atom is -0.493 e. The molecule has 5 nitrogen and oxygen atoms in total. The van der Waals surface area contributed by atoms with Crippen LogP contribution >= 0.6 is 0 Å². The lowest BCUT2D eigenvalue weighted by Gasteiger charge is -2.19. The summed E-state index contributed by atoms with van der Waals surface area (Å²) in [6, 6.07) is 5.84. The van der Waals surface area contributed by atoms with E-state index in [-0.39, 0.29) is 23.8 Å². The molecule has 2 aliphatic rings. The molecule has 1 aliphatic heterocycles. The number of likely N-dealkylation sites (tertiary alicyclic amines) is 1. The van der Waals surface area contributed by atoms with Gasteiger partial charge in [0, 0.05) is 18.4 Å². The van der Waals surface area contributed by atoms with E-state index >= 15 is 0 Å². The van der Waals surface area contributed by atoms with Crippen molar-refractivity contribution < 1.29 is 14.3 Å². The number of benzene rings is 1. The maximum Gasteiger partial charge on any atom is 0.239 e. The first-order valence-electron chi connectivity index (χ1n) is 8.19. The average molecular weight is 314 g/mol. The highest BCUT2D eigenvalue weighted by Gasteiger charge is 2.38. The fraction of sp³-hybridized carbons (Fsp3) is 0.556. The molecular formula is C18H22N2O3. The zero-order valence-corrected chi connectivity index (χ0v) is 13.6. The molecule has 1 saturated heterocycles. The highest BCUT2D eigenvalue weighted by atomic mass is 16.5.